The fourth-order valence-corrected chi connectivity index (χ4v) is 1.05. The molecule has 0 aromatic heterocycles. The van der Waals surface area contributed by atoms with E-state index in [1.165, 1.54) is 6.42 Å². The molecule has 0 aromatic carbocycles. The monoisotopic (exact) mass is 112 g/mol. The van der Waals surface area contributed by atoms with Crippen molar-refractivity contribution >= 4 is 5.78 Å². The van der Waals surface area contributed by atoms with Crippen LogP contribution in [0.1, 0.15) is 26.7 Å². The maximum atomic E-state index is 10.4. The molecule has 1 saturated carbocycles. The van der Waals surface area contributed by atoms with Gasteiger partial charge in [-0.15, -0.1) is 0 Å². The van der Waals surface area contributed by atoms with Crippen LogP contribution in [-0.4, -0.2) is 5.78 Å². The SMILES string of the molecule is CC(=O)C[C@H]1C[C@@H]1C. The molecule has 1 heteroatoms. The third-order valence-electron chi connectivity index (χ3n) is 1.83. The topological polar surface area (TPSA) is 17.1 Å². The fraction of sp³-hybridized carbons (Fsp3) is 0.857. The Balaban J connectivity index is 2.14. The lowest BCUT2D eigenvalue weighted by Gasteiger charge is -1.86. The molecule has 46 valence electrons. The van der Waals surface area contributed by atoms with Crippen molar-refractivity contribution in [2.75, 3.05) is 0 Å². The van der Waals surface area contributed by atoms with Crippen LogP contribution >= 0.6 is 0 Å². The van der Waals surface area contributed by atoms with Crippen molar-refractivity contribution in [1.29, 1.82) is 0 Å². The van der Waals surface area contributed by atoms with Crippen molar-refractivity contribution in [3.8, 4) is 0 Å². The Morgan fingerprint density at radius 2 is 2.25 bits per heavy atom. The largest absolute Gasteiger partial charge is 0.300 e. The lowest BCUT2D eigenvalue weighted by Crippen LogP contribution is -1.90. The third kappa shape index (κ3) is 1.32. The van der Waals surface area contributed by atoms with E-state index in [1.54, 1.807) is 6.92 Å². The van der Waals surface area contributed by atoms with Crippen molar-refractivity contribution in [2.24, 2.45) is 11.8 Å². The predicted molar refractivity (Wildman–Crippen MR) is 32.6 cm³/mol. The normalized spacial score (nSPS) is 34.8. The number of hydrogen-bond acceptors (Lipinski definition) is 1. The molecular weight excluding hydrogens is 100 g/mol. The van der Waals surface area contributed by atoms with E-state index in [1.807, 2.05) is 0 Å². The first-order chi connectivity index (χ1) is 3.70. The van der Waals surface area contributed by atoms with Gasteiger partial charge in [-0.25, -0.2) is 0 Å². The van der Waals surface area contributed by atoms with E-state index >= 15 is 0 Å². The Morgan fingerprint density at radius 1 is 1.75 bits per heavy atom. The first-order valence-corrected chi connectivity index (χ1v) is 3.19. The lowest BCUT2D eigenvalue weighted by molar-refractivity contribution is -0.117. The van der Waals surface area contributed by atoms with Gasteiger partial charge in [0.25, 0.3) is 0 Å². The van der Waals surface area contributed by atoms with Gasteiger partial charge >= 0.3 is 0 Å². The molecule has 1 nitrogen and oxygen atoms in total. The molecule has 0 saturated heterocycles. The Hall–Kier alpha value is -0.330. The van der Waals surface area contributed by atoms with Gasteiger partial charge in [-0.3, -0.25) is 0 Å². The molecule has 0 bridgehead atoms. The van der Waals surface area contributed by atoms with Gasteiger partial charge in [0, 0.05) is 6.42 Å². The van der Waals surface area contributed by atoms with Crippen molar-refractivity contribution in [3.05, 3.63) is 0 Å². The summed E-state index contributed by atoms with van der Waals surface area (Å²) < 4.78 is 0. The molecule has 1 aliphatic carbocycles. The minimum Gasteiger partial charge on any atom is -0.300 e. The van der Waals surface area contributed by atoms with Gasteiger partial charge in [-0.05, 0) is 25.2 Å². The van der Waals surface area contributed by atoms with Crippen LogP contribution in [0.2, 0.25) is 0 Å². The van der Waals surface area contributed by atoms with Gasteiger partial charge in [0.15, 0.2) is 0 Å². The van der Waals surface area contributed by atoms with Gasteiger partial charge < -0.3 is 4.79 Å². The van der Waals surface area contributed by atoms with Crippen LogP contribution in [0.3, 0.4) is 0 Å². The Morgan fingerprint density at radius 3 is 2.38 bits per heavy atom. The van der Waals surface area contributed by atoms with E-state index in [-0.39, 0.29) is 0 Å². The quantitative estimate of drug-likeness (QED) is 0.530. The van der Waals surface area contributed by atoms with E-state index < -0.39 is 0 Å². The van der Waals surface area contributed by atoms with Gasteiger partial charge in [0.1, 0.15) is 5.78 Å². The number of carbonyl (C=O) groups is 1. The molecule has 0 N–H and O–H groups in total. The van der Waals surface area contributed by atoms with Crippen molar-refractivity contribution in [2.45, 2.75) is 26.7 Å². The highest BCUT2D eigenvalue weighted by molar-refractivity contribution is 5.76. The average Bonchev–Trinajstić information content (AvgIpc) is 2.17. The molecular formula is C7H12O. The molecule has 0 aliphatic heterocycles. The lowest BCUT2D eigenvalue weighted by atomic mass is 10.2. The highest BCUT2D eigenvalue weighted by Crippen LogP contribution is 2.40. The summed E-state index contributed by atoms with van der Waals surface area (Å²) in [7, 11) is 0. The maximum Gasteiger partial charge on any atom is 0.130 e. The van der Waals surface area contributed by atoms with E-state index in [9.17, 15) is 4.79 Å². The van der Waals surface area contributed by atoms with Gasteiger partial charge in [-0.2, -0.15) is 0 Å². The zero-order chi connectivity index (χ0) is 6.15. The van der Waals surface area contributed by atoms with E-state index in [0.717, 1.165) is 18.3 Å². The number of Topliss-reactive ketones (excluding diaryl/α,β-unsaturated/α-hetero) is 1. The van der Waals surface area contributed by atoms with Gasteiger partial charge in [-0.1, -0.05) is 6.92 Å². The summed E-state index contributed by atoms with van der Waals surface area (Å²) in [5.74, 6) is 1.92. The molecule has 8 heavy (non-hydrogen) atoms. The van der Waals surface area contributed by atoms with Crippen LogP contribution in [0, 0.1) is 11.8 Å². The van der Waals surface area contributed by atoms with Crippen molar-refractivity contribution in [3.63, 3.8) is 0 Å². The number of hydrogen-bond donors (Lipinski definition) is 0. The molecule has 0 aromatic rings. The maximum absolute atomic E-state index is 10.4. The summed E-state index contributed by atoms with van der Waals surface area (Å²) in [6, 6.07) is 0. The number of rotatable bonds is 2. The van der Waals surface area contributed by atoms with Crippen LogP contribution in [-0.2, 0) is 4.79 Å². The molecule has 1 rings (SSSR count). The van der Waals surface area contributed by atoms with Crippen LogP contribution in [0.4, 0.5) is 0 Å². The molecule has 0 amide bonds. The molecule has 0 radical (unpaired) electrons. The molecule has 0 spiro atoms. The minimum absolute atomic E-state index is 0.347. The first kappa shape index (κ1) is 5.80. The Labute approximate surface area is 50.1 Å². The Kier molecular flexibility index (Phi) is 1.37. The second-order valence-electron chi connectivity index (χ2n) is 2.88. The number of ketones is 1. The standard InChI is InChI=1S/C7H12O/c1-5-3-7(5)4-6(2)8/h5,7H,3-4H2,1-2H3/t5-,7+/m0/s1. The van der Waals surface area contributed by atoms with Gasteiger partial charge in [0.2, 0.25) is 0 Å². The van der Waals surface area contributed by atoms with Crippen LogP contribution in [0.15, 0.2) is 0 Å². The third-order valence-corrected chi connectivity index (χ3v) is 1.83. The molecule has 0 unspecified atom stereocenters. The zero-order valence-corrected chi connectivity index (χ0v) is 5.48. The molecule has 1 fully saturated rings. The predicted octanol–water partition coefficient (Wildman–Crippen LogP) is 1.62. The summed E-state index contributed by atoms with van der Waals surface area (Å²) in [6.07, 6.45) is 2.10. The fourth-order valence-electron chi connectivity index (χ4n) is 1.05. The molecule has 1 aliphatic rings. The van der Waals surface area contributed by atoms with Crippen molar-refractivity contribution in [1.82, 2.24) is 0 Å². The smallest absolute Gasteiger partial charge is 0.130 e. The van der Waals surface area contributed by atoms with Gasteiger partial charge in [0.05, 0.1) is 0 Å². The highest BCUT2D eigenvalue weighted by Gasteiger charge is 2.32. The summed E-state index contributed by atoms with van der Waals surface area (Å²) in [5.41, 5.74) is 0. The minimum atomic E-state index is 0.347. The highest BCUT2D eigenvalue weighted by atomic mass is 16.1. The summed E-state index contributed by atoms with van der Waals surface area (Å²) >= 11 is 0. The van der Waals surface area contributed by atoms with Crippen LogP contribution in [0.25, 0.3) is 0 Å². The zero-order valence-electron chi connectivity index (χ0n) is 5.48. The summed E-state index contributed by atoms with van der Waals surface area (Å²) in [5, 5.41) is 0. The molecule has 2 atom stereocenters. The van der Waals surface area contributed by atoms with Crippen LogP contribution < -0.4 is 0 Å². The number of carbonyl (C=O) groups excluding carboxylic acids is 1. The first-order valence-electron chi connectivity index (χ1n) is 3.19. The van der Waals surface area contributed by atoms with E-state index in [2.05, 4.69) is 6.92 Å². The van der Waals surface area contributed by atoms with E-state index in [0.29, 0.717) is 5.78 Å². The van der Waals surface area contributed by atoms with Crippen LogP contribution in [0.5, 0.6) is 0 Å². The molecule has 0 heterocycles. The second kappa shape index (κ2) is 1.88. The summed E-state index contributed by atoms with van der Waals surface area (Å²) in [4.78, 5) is 10.4. The average molecular weight is 112 g/mol. The van der Waals surface area contributed by atoms with Crippen molar-refractivity contribution < 1.29 is 4.79 Å². The second-order valence-corrected chi connectivity index (χ2v) is 2.88. The summed E-state index contributed by atoms with van der Waals surface area (Å²) in [6.45, 7) is 3.87. The van der Waals surface area contributed by atoms with E-state index in [4.69, 9.17) is 0 Å². The Bertz CT molecular complexity index is 107.